The minimum Gasteiger partial charge on any atom is -0.462 e. The summed E-state index contributed by atoms with van der Waals surface area (Å²) in [6.07, 6.45) is 56.6. The standard InChI is InChI=1S/C60H116O6/c1-6-8-9-10-11-12-13-14-15-16-17-18-23-26-31-37-42-47-52-60(63)66-57(54-65-59(62)51-46-41-36-32-27-28-33-38-43-48-55(3)4)53-64-58(61)50-45-40-35-30-25-22-20-19-21-24-29-34-39-44-49-56(5)7-2/h55-57H,6-54H2,1-5H3/t56?,57-/m1/s1. The van der Waals surface area contributed by atoms with Crippen LogP contribution in [0.3, 0.4) is 0 Å². The summed E-state index contributed by atoms with van der Waals surface area (Å²) in [5.74, 6) is 0.865. The summed E-state index contributed by atoms with van der Waals surface area (Å²) in [4.78, 5) is 38.2. The Morgan fingerprint density at radius 1 is 0.318 bits per heavy atom. The van der Waals surface area contributed by atoms with Crippen LogP contribution in [-0.2, 0) is 28.6 Å². The van der Waals surface area contributed by atoms with E-state index < -0.39 is 6.10 Å². The van der Waals surface area contributed by atoms with Crippen LogP contribution in [0.1, 0.15) is 336 Å². The number of rotatable bonds is 54. The topological polar surface area (TPSA) is 78.9 Å². The van der Waals surface area contributed by atoms with E-state index >= 15 is 0 Å². The number of esters is 3. The molecule has 0 N–H and O–H groups in total. The molecule has 0 aliphatic carbocycles. The zero-order valence-corrected chi connectivity index (χ0v) is 45.3. The molecule has 1 unspecified atom stereocenters. The Balaban J connectivity index is 4.27. The maximum absolute atomic E-state index is 12.9. The van der Waals surface area contributed by atoms with Crippen molar-refractivity contribution < 1.29 is 28.6 Å². The van der Waals surface area contributed by atoms with Crippen LogP contribution in [0.25, 0.3) is 0 Å². The van der Waals surface area contributed by atoms with Crippen LogP contribution in [-0.4, -0.2) is 37.2 Å². The van der Waals surface area contributed by atoms with Gasteiger partial charge in [0.2, 0.25) is 0 Å². The Kier molecular flexibility index (Phi) is 51.5. The van der Waals surface area contributed by atoms with E-state index in [1.54, 1.807) is 0 Å². The fourth-order valence-corrected chi connectivity index (χ4v) is 9.20. The third-order valence-corrected chi connectivity index (χ3v) is 14.1. The fourth-order valence-electron chi connectivity index (χ4n) is 9.20. The average molecular weight is 934 g/mol. The molecular formula is C60H116O6. The van der Waals surface area contributed by atoms with Gasteiger partial charge in [-0.2, -0.15) is 0 Å². The zero-order valence-electron chi connectivity index (χ0n) is 45.3. The van der Waals surface area contributed by atoms with Crippen molar-refractivity contribution in [2.24, 2.45) is 11.8 Å². The monoisotopic (exact) mass is 933 g/mol. The summed E-state index contributed by atoms with van der Waals surface area (Å²) in [7, 11) is 0. The summed E-state index contributed by atoms with van der Waals surface area (Å²) in [5.41, 5.74) is 0. The highest BCUT2D eigenvalue weighted by molar-refractivity contribution is 5.71. The second-order valence-corrected chi connectivity index (χ2v) is 21.4. The molecule has 6 heteroatoms. The molecular weight excluding hydrogens is 817 g/mol. The maximum atomic E-state index is 12.9. The minimum atomic E-state index is -0.763. The molecule has 6 nitrogen and oxygen atoms in total. The number of carbonyl (C=O) groups is 3. The zero-order chi connectivity index (χ0) is 48.2. The van der Waals surface area contributed by atoms with Crippen LogP contribution in [0.15, 0.2) is 0 Å². The first-order valence-electron chi connectivity index (χ1n) is 29.8. The first-order valence-corrected chi connectivity index (χ1v) is 29.8. The van der Waals surface area contributed by atoms with Gasteiger partial charge in [0.15, 0.2) is 6.10 Å². The van der Waals surface area contributed by atoms with Crippen LogP contribution in [0.2, 0.25) is 0 Å². The molecule has 0 aromatic rings. The summed E-state index contributed by atoms with van der Waals surface area (Å²) >= 11 is 0. The molecule has 0 spiro atoms. The number of unbranched alkanes of at least 4 members (excludes halogenated alkanes) is 38. The third kappa shape index (κ3) is 51.8. The summed E-state index contributed by atoms with van der Waals surface area (Å²) in [5, 5.41) is 0. The molecule has 0 bridgehead atoms. The van der Waals surface area contributed by atoms with Crippen LogP contribution in [0.5, 0.6) is 0 Å². The van der Waals surface area contributed by atoms with Gasteiger partial charge in [-0.15, -0.1) is 0 Å². The number of carbonyl (C=O) groups excluding carboxylic acids is 3. The maximum Gasteiger partial charge on any atom is 0.306 e. The van der Waals surface area contributed by atoms with Gasteiger partial charge in [0, 0.05) is 19.3 Å². The summed E-state index contributed by atoms with van der Waals surface area (Å²) in [6, 6.07) is 0. The van der Waals surface area contributed by atoms with Crippen LogP contribution in [0, 0.1) is 11.8 Å². The predicted octanol–water partition coefficient (Wildman–Crippen LogP) is 19.7. The molecule has 0 aromatic carbocycles. The van der Waals surface area contributed by atoms with Crippen molar-refractivity contribution in [1.82, 2.24) is 0 Å². The van der Waals surface area contributed by atoms with Crippen molar-refractivity contribution >= 4 is 17.9 Å². The average Bonchev–Trinajstić information content (AvgIpc) is 3.30. The van der Waals surface area contributed by atoms with Gasteiger partial charge in [-0.3, -0.25) is 14.4 Å². The van der Waals surface area contributed by atoms with E-state index in [2.05, 4.69) is 34.6 Å². The van der Waals surface area contributed by atoms with Crippen molar-refractivity contribution in [2.45, 2.75) is 343 Å². The van der Waals surface area contributed by atoms with Gasteiger partial charge in [-0.1, -0.05) is 298 Å². The van der Waals surface area contributed by atoms with Gasteiger partial charge >= 0.3 is 17.9 Å². The first kappa shape index (κ1) is 64.4. The molecule has 0 aliphatic rings. The van der Waals surface area contributed by atoms with E-state index in [-0.39, 0.29) is 31.1 Å². The molecule has 0 radical (unpaired) electrons. The minimum absolute atomic E-state index is 0.0628. The van der Waals surface area contributed by atoms with Crippen molar-refractivity contribution in [3.8, 4) is 0 Å². The molecule has 66 heavy (non-hydrogen) atoms. The van der Waals surface area contributed by atoms with Gasteiger partial charge in [0.1, 0.15) is 13.2 Å². The van der Waals surface area contributed by atoms with Gasteiger partial charge in [0.05, 0.1) is 0 Å². The number of ether oxygens (including phenoxy) is 3. The van der Waals surface area contributed by atoms with E-state index in [1.165, 1.54) is 225 Å². The second kappa shape index (κ2) is 52.8. The van der Waals surface area contributed by atoms with E-state index in [0.717, 1.165) is 69.6 Å². The van der Waals surface area contributed by atoms with Crippen molar-refractivity contribution in [3.63, 3.8) is 0 Å². The Hall–Kier alpha value is -1.59. The molecule has 2 atom stereocenters. The predicted molar refractivity (Wildman–Crippen MR) is 284 cm³/mol. The van der Waals surface area contributed by atoms with Gasteiger partial charge in [-0.05, 0) is 31.1 Å². The van der Waals surface area contributed by atoms with Crippen LogP contribution >= 0.6 is 0 Å². The van der Waals surface area contributed by atoms with E-state index in [4.69, 9.17) is 14.2 Å². The summed E-state index contributed by atoms with van der Waals surface area (Å²) < 4.78 is 16.9. The molecule has 0 amide bonds. The van der Waals surface area contributed by atoms with Gasteiger partial charge in [-0.25, -0.2) is 0 Å². The molecule has 392 valence electrons. The summed E-state index contributed by atoms with van der Waals surface area (Å²) in [6.45, 7) is 11.4. The Labute approximate surface area is 412 Å². The second-order valence-electron chi connectivity index (χ2n) is 21.4. The third-order valence-electron chi connectivity index (χ3n) is 14.1. The lowest BCUT2D eigenvalue weighted by Crippen LogP contribution is -2.30. The number of hydrogen-bond donors (Lipinski definition) is 0. The van der Waals surface area contributed by atoms with E-state index in [9.17, 15) is 14.4 Å². The molecule has 0 fully saturated rings. The molecule has 0 saturated heterocycles. The Morgan fingerprint density at radius 2 is 0.576 bits per heavy atom. The lowest BCUT2D eigenvalue weighted by atomic mass is 9.99. The van der Waals surface area contributed by atoms with Crippen molar-refractivity contribution in [1.29, 1.82) is 0 Å². The Bertz CT molecular complexity index is 1010. The lowest BCUT2D eigenvalue weighted by molar-refractivity contribution is -0.167. The van der Waals surface area contributed by atoms with Crippen LogP contribution < -0.4 is 0 Å². The molecule has 0 aliphatic heterocycles. The van der Waals surface area contributed by atoms with Crippen molar-refractivity contribution in [3.05, 3.63) is 0 Å². The molecule has 0 aromatic heterocycles. The smallest absolute Gasteiger partial charge is 0.306 e. The first-order chi connectivity index (χ1) is 32.3. The lowest BCUT2D eigenvalue weighted by Gasteiger charge is -2.18. The van der Waals surface area contributed by atoms with Gasteiger partial charge < -0.3 is 14.2 Å². The highest BCUT2D eigenvalue weighted by Gasteiger charge is 2.19. The fraction of sp³-hybridized carbons (Fsp3) is 0.950. The highest BCUT2D eigenvalue weighted by Crippen LogP contribution is 2.19. The largest absolute Gasteiger partial charge is 0.462 e. The van der Waals surface area contributed by atoms with Crippen molar-refractivity contribution in [2.75, 3.05) is 13.2 Å². The van der Waals surface area contributed by atoms with E-state index in [1.807, 2.05) is 0 Å². The van der Waals surface area contributed by atoms with Gasteiger partial charge in [0.25, 0.3) is 0 Å². The normalized spacial score (nSPS) is 12.5. The molecule has 0 heterocycles. The quantitative estimate of drug-likeness (QED) is 0.0343. The number of hydrogen-bond acceptors (Lipinski definition) is 6. The Morgan fingerprint density at radius 3 is 0.864 bits per heavy atom. The molecule has 0 rings (SSSR count). The van der Waals surface area contributed by atoms with Crippen LogP contribution in [0.4, 0.5) is 0 Å². The molecule has 0 saturated carbocycles. The van der Waals surface area contributed by atoms with E-state index in [0.29, 0.717) is 19.3 Å². The SMILES string of the molecule is CCCCCCCCCCCCCCCCCCCCC(=O)O[C@H](COC(=O)CCCCCCCCCCCCCCCCC(C)CC)COC(=O)CCCCCCCCCCCC(C)C. The highest BCUT2D eigenvalue weighted by atomic mass is 16.6.